The van der Waals surface area contributed by atoms with Crippen LogP contribution in [0.4, 0.5) is 5.69 Å². The summed E-state index contributed by atoms with van der Waals surface area (Å²) in [6.45, 7) is 2.29. The second-order valence-corrected chi connectivity index (χ2v) is 7.96. The summed E-state index contributed by atoms with van der Waals surface area (Å²) in [6, 6.07) is 21.7. The van der Waals surface area contributed by atoms with Crippen molar-refractivity contribution in [2.75, 3.05) is 4.90 Å². The first kappa shape index (κ1) is 18.5. The van der Waals surface area contributed by atoms with Gasteiger partial charge in [0, 0.05) is 17.1 Å². The van der Waals surface area contributed by atoms with Gasteiger partial charge in [0.15, 0.2) is 6.10 Å². The van der Waals surface area contributed by atoms with Crippen LogP contribution in [0, 0.1) is 0 Å². The summed E-state index contributed by atoms with van der Waals surface area (Å²) in [6.07, 6.45) is 1.25. The molecule has 30 heavy (non-hydrogen) atoms. The molecule has 5 rings (SSSR count). The Hall–Kier alpha value is -3.51. The number of aromatic nitrogens is 2. The van der Waals surface area contributed by atoms with Gasteiger partial charge in [0.2, 0.25) is 0 Å². The lowest BCUT2D eigenvalue weighted by molar-refractivity contribution is -0.125. The fraction of sp³-hybridized carbons (Fsp3) is 0.125. The minimum atomic E-state index is -0.512. The van der Waals surface area contributed by atoms with Crippen molar-refractivity contribution in [3.63, 3.8) is 0 Å². The summed E-state index contributed by atoms with van der Waals surface area (Å²) in [5, 5.41) is 2.88. The summed E-state index contributed by atoms with van der Waals surface area (Å²) in [7, 11) is 0. The summed E-state index contributed by atoms with van der Waals surface area (Å²) in [5.74, 6) is 0.665. The van der Waals surface area contributed by atoms with E-state index in [1.54, 1.807) is 29.4 Å². The highest BCUT2D eigenvalue weighted by Gasteiger charge is 2.32. The van der Waals surface area contributed by atoms with E-state index < -0.39 is 6.10 Å². The number of pyridine rings is 1. The maximum Gasteiger partial charge on any atom is 0.268 e. The molecule has 5 nitrogen and oxygen atoms in total. The molecular formula is C24H19N3O2S. The number of anilines is 1. The van der Waals surface area contributed by atoms with E-state index in [1.807, 2.05) is 72.1 Å². The number of carbonyl (C=O) groups excluding carboxylic acids is 1. The molecule has 148 valence electrons. The zero-order valence-electron chi connectivity index (χ0n) is 16.4. The van der Waals surface area contributed by atoms with Crippen molar-refractivity contribution in [1.82, 2.24) is 9.97 Å². The molecule has 0 radical (unpaired) electrons. The Labute approximate surface area is 178 Å². The Balaban J connectivity index is 1.52. The molecule has 0 aliphatic carbocycles. The summed E-state index contributed by atoms with van der Waals surface area (Å²) < 4.78 is 5.86. The van der Waals surface area contributed by atoms with Crippen LogP contribution >= 0.6 is 11.3 Å². The van der Waals surface area contributed by atoms with Crippen LogP contribution < -0.4 is 9.64 Å². The van der Waals surface area contributed by atoms with Crippen molar-refractivity contribution >= 4 is 22.9 Å². The van der Waals surface area contributed by atoms with E-state index in [2.05, 4.69) is 4.98 Å². The lowest BCUT2D eigenvalue weighted by Gasteiger charge is -2.33. The van der Waals surface area contributed by atoms with Crippen LogP contribution in [-0.4, -0.2) is 22.0 Å². The minimum absolute atomic E-state index is 0.0454. The topological polar surface area (TPSA) is 55.3 Å². The molecule has 1 unspecified atom stereocenters. The first-order valence-electron chi connectivity index (χ1n) is 9.72. The summed E-state index contributed by atoms with van der Waals surface area (Å²) >= 11 is 1.55. The Bertz CT molecular complexity index is 1190. The number of hydrogen-bond acceptors (Lipinski definition) is 5. The molecule has 0 saturated carbocycles. The van der Waals surface area contributed by atoms with Crippen molar-refractivity contribution in [3.8, 4) is 27.7 Å². The molecule has 0 fully saturated rings. The van der Waals surface area contributed by atoms with Gasteiger partial charge in [-0.25, -0.2) is 4.98 Å². The molecule has 3 heterocycles. The standard InChI is InChI=1S/C24H19N3O2S/c1-16-24(28)27(14-17-7-3-2-4-8-17)21-13-18(10-11-22(21)29-16)20-15-30-23(26-20)19-9-5-6-12-25-19/h2-13,15-16H,14H2,1H3. The summed E-state index contributed by atoms with van der Waals surface area (Å²) in [5.41, 5.74) is 4.49. The van der Waals surface area contributed by atoms with Crippen molar-refractivity contribution in [2.45, 2.75) is 19.6 Å². The third kappa shape index (κ3) is 3.46. The highest BCUT2D eigenvalue weighted by molar-refractivity contribution is 7.13. The maximum atomic E-state index is 12.9. The molecule has 4 aromatic rings. The lowest BCUT2D eigenvalue weighted by Crippen LogP contribution is -2.44. The van der Waals surface area contributed by atoms with Gasteiger partial charge in [0.1, 0.15) is 10.8 Å². The average Bonchev–Trinajstić information content (AvgIpc) is 3.28. The first-order chi connectivity index (χ1) is 14.7. The number of nitrogens with zero attached hydrogens (tertiary/aromatic N) is 3. The monoisotopic (exact) mass is 413 g/mol. The van der Waals surface area contributed by atoms with E-state index in [0.717, 1.165) is 33.2 Å². The van der Waals surface area contributed by atoms with Crippen LogP contribution in [-0.2, 0) is 11.3 Å². The molecule has 2 aromatic carbocycles. The van der Waals surface area contributed by atoms with Crippen molar-refractivity contribution in [1.29, 1.82) is 0 Å². The van der Waals surface area contributed by atoms with E-state index in [-0.39, 0.29) is 5.91 Å². The molecule has 1 atom stereocenters. The van der Waals surface area contributed by atoms with Gasteiger partial charge in [-0.15, -0.1) is 11.3 Å². The van der Waals surface area contributed by atoms with Gasteiger partial charge < -0.3 is 9.64 Å². The number of ether oxygens (including phenoxy) is 1. The molecular weight excluding hydrogens is 394 g/mol. The van der Waals surface area contributed by atoms with E-state index in [9.17, 15) is 4.79 Å². The predicted molar refractivity (Wildman–Crippen MR) is 119 cm³/mol. The maximum absolute atomic E-state index is 12.9. The highest BCUT2D eigenvalue weighted by atomic mass is 32.1. The van der Waals surface area contributed by atoms with Gasteiger partial charge >= 0.3 is 0 Å². The Morgan fingerprint density at radius 1 is 1.03 bits per heavy atom. The number of thiazole rings is 1. The van der Waals surface area contributed by atoms with Crippen molar-refractivity contribution in [3.05, 3.63) is 83.9 Å². The van der Waals surface area contributed by atoms with Crippen LogP contribution in [0.3, 0.4) is 0 Å². The average molecular weight is 414 g/mol. The number of amides is 1. The second kappa shape index (κ2) is 7.72. The molecule has 0 saturated heterocycles. The Kier molecular flexibility index (Phi) is 4.77. The van der Waals surface area contributed by atoms with Gasteiger partial charge in [-0.05, 0) is 42.8 Å². The van der Waals surface area contributed by atoms with Crippen LogP contribution in [0.15, 0.2) is 78.3 Å². The molecule has 1 amide bonds. The molecule has 2 aromatic heterocycles. The molecule has 6 heteroatoms. The smallest absolute Gasteiger partial charge is 0.268 e. The molecule has 0 bridgehead atoms. The number of hydrogen-bond donors (Lipinski definition) is 0. The minimum Gasteiger partial charge on any atom is -0.479 e. The molecule has 1 aliphatic heterocycles. The molecule has 0 N–H and O–H groups in total. The summed E-state index contributed by atoms with van der Waals surface area (Å²) in [4.78, 5) is 23.8. The molecule has 0 spiro atoms. The van der Waals surface area contributed by atoms with Gasteiger partial charge in [0.25, 0.3) is 5.91 Å². The first-order valence-corrected chi connectivity index (χ1v) is 10.6. The van der Waals surface area contributed by atoms with Crippen LogP contribution in [0.1, 0.15) is 12.5 Å². The fourth-order valence-corrected chi connectivity index (χ4v) is 4.31. The van der Waals surface area contributed by atoms with E-state index in [0.29, 0.717) is 12.3 Å². The Morgan fingerprint density at radius 3 is 2.67 bits per heavy atom. The normalized spacial score (nSPS) is 15.6. The van der Waals surface area contributed by atoms with Crippen LogP contribution in [0.5, 0.6) is 5.75 Å². The van der Waals surface area contributed by atoms with E-state index >= 15 is 0 Å². The Morgan fingerprint density at radius 2 is 1.87 bits per heavy atom. The second-order valence-electron chi connectivity index (χ2n) is 7.11. The zero-order valence-corrected chi connectivity index (χ0v) is 17.2. The number of fused-ring (bicyclic) bond motifs is 1. The van der Waals surface area contributed by atoms with E-state index in [1.165, 1.54) is 0 Å². The number of benzene rings is 2. The highest BCUT2D eigenvalue weighted by Crippen LogP contribution is 2.39. The van der Waals surface area contributed by atoms with Crippen molar-refractivity contribution in [2.24, 2.45) is 0 Å². The number of rotatable bonds is 4. The largest absolute Gasteiger partial charge is 0.479 e. The van der Waals surface area contributed by atoms with Crippen molar-refractivity contribution < 1.29 is 9.53 Å². The van der Waals surface area contributed by atoms with Crippen LogP contribution in [0.2, 0.25) is 0 Å². The third-order valence-corrected chi connectivity index (χ3v) is 5.90. The van der Waals surface area contributed by atoms with Gasteiger partial charge in [-0.2, -0.15) is 0 Å². The van der Waals surface area contributed by atoms with E-state index in [4.69, 9.17) is 9.72 Å². The third-order valence-electron chi connectivity index (χ3n) is 5.03. The lowest BCUT2D eigenvalue weighted by atomic mass is 10.1. The van der Waals surface area contributed by atoms with Gasteiger partial charge in [-0.3, -0.25) is 9.78 Å². The zero-order chi connectivity index (χ0) is 20.5. The SMILES string of the molecule is CC1Oc2ccc(-c3csc(-c4ccccn4)n3)cc2N(Cc2ccccc2)C1=O. The molecule has 1 aliphatic rings. The fourth-order valence-electron chi connectivity index (χ4n) is 3.51. The quantitative estimate of drug-likeness (QED) is 0.462. The van der Waals surface area contributed by atoms with Gasteiger partial charge in [-0.1, -0.05) is 36.4 Å². The number of carbonyl (C=O) groups is 1. The predicted octanol–water partition coefficient (Wildman–Crippen LogP) is 5.19. The van der Waals surface area contributed by atoms with Crippen LogP contribution in [0.25, 0.3) is 22.0 Å². The van der Waals surface area contributed by atoms with Gasteiger partial charge in [0.05, 0.1) is 23.6 Å².